The molecule has 0 aliphatic rings. The predicted octanol–water partition coefficient (Wildman–Crippen LogP) is 1.08. The summed E-state index contributed by atoms with van der Waals surface area (Å²) in [5.41, 5.74) is 6.91. The molecule has 0 aromatic heterocycles. The van der Waals surface area contributed by atoms with Crippen molar-refractivity contribution in [2.45, 2.75) is 18.7 Å². The molecule has 120 valence electrons. The summed E-state index contributed by atoms with van der Waals surface area (Å²) in [4.78, 5) is 0. The normalized spacial score (nSPS) is 13.5. The first-order valence-electron chi connectivity index (χ1n) is 6.73. The Balaban J connectivity index is 2.95. The van der Waals surface area contributed by atoms with Crippen LogP contribution in [0.2, 0.25) is 0 Å². The number of sulfonamides is 1. The quantitative estimate of drug-likeness (QED) is 0.690. The van der Waals surface area contributed by atoms with Crippen LogP contribution in [0.25, 0.3) is 0 Å². The number of nitrogen functional groups attached to an aromatic ring is 1. The molecule has 0 saturated carbocycles. The average molecular weight is 316 g/mol. The lowest BCUT2D eigenvalue weighted by Gasteiger charge is -2.28. The van der Waals surface area contributed by atoms with Crippen LogP contribution < -0.4 is 5.73 Å². The lowest BCUT2D eigenvalue weighted by molar-refractivity contribution is 0.119. The van der Waals surface area contributed by atoms with Crippen molar-refractivity contribution in [2.24, 2.45) is 0 Å². The minimum absolute atomic E-state index is 0.128. The standard InChI is InChI=1S/C14H24N2O4S/c1-12(10-20-3)16(8-9-19-2)21(17,18)11-13-6-4-5-7-14(13)15/h4-7,12H,8-11,15H2,1-3H3. The summed E-state index contributed by atoms with van der Waals surface area (Å²) in [5, 5.41) is 0. The third-order valence-electron chi connectivity index (χ3n) is 3.17. The topological polar surface area (TPSA) is 81.9 Å². The molecule has 7 heteroatoms. The van der Waals surface area contributed by atoms with E-state index >= 15 is 0 Å². The van der Waals surface area contributed by atoms with Gasteiger partial charge in [0.15, 0.2) is 0 Å². The number of anilines is 1. The molecule has 1 aromatic carbocycles. The van der Waals surface area contributed by atoms with Crippen molar-refractivity contribution >= 4 is 15.7 Å². The molecular weight excluding hydrogens is 292 g/mol. The van der Waals surface area contributed by atoms with Gasteiger partial charge in [0.1, 0.15) is 0 Å². The second-order valence-corrected chi connectivity index (χ2v) is 6.78. The van der Waals surface area contributed by atoms with Crippen LogP contribution in [0.4, 0.5) is 5.69 Å². The zero-order valence-corrected chi connectivity index (χ0v) is 13.6. The zero-order valence-electron chi connectivity index (χ0n) is 12.8. The Bertz CT molecular complexity index is 534. The maximum Gasteiger partial charge on any atom is 0.218 e. The molecule has 0 aliphatic carbocycles. The molecule has 0 aliphatic heterocycles. The highest BCUT2D eigenvalue weighted by molar-refractivity contribution is 7.88. The van der Waals surface area contributed by atoms with Crippen LogP contribution in [-0.2, 0) is 25.2 Å². The number of methoxy groups -OCH3 is 2. The van der Waals surface area contributed by atoms with Crippen molar-refractivity contribution in [3.05, 3.63) is 29.8 Å². The second kappa shape index (κ2) is 8.33. The predicted molar refractivity (Wildman–Crippen MR) is 83.4 cm³/mol. The molecule has 2 N–H and O–H groups in total. The van der Waals surface area contributed by atoms with E-state index in [1.807, 2.05) is 6.92 Å². The van der Waals surface area contributed by atoms with Gasteiger partial charge in [-0.25, -0.2) is 8.42 Å². The Morgan fingerprint density at radius 1 is 1.24 bits per heavy atom. The van der Waals surface area contributed by atoms with E-state index in [0.717, 1.165) is 0 Å². The molecular formula is C14H24N2O4S. The van der Waals surface area contributed by atoms with Gasteiger partial charge < -0.3 is 15.2 Å². The van der Waals surface area contributed by atoms with Gasteiger partial charge in [0, 0.05) is 32.5 Å². The van der Waals surface area contributed by atoms with E-state index in [-0.39, 0.29) is 18.3 Å². The first-order valence-corrected chi connectivity index (χ1v) is 8.34. The van der Waals surface area contributed by atoms with Crippen molar-refractivity contribution in [2.75, 3.05) is 39.7 Å². The number of hydrogen-bond donors (Lipinski definition) is 1. The lowest BCUT2D eigenvalue weighted by Crippen LogP contribution is -2.43. The molecule has 21 heavy (non-hydrogen) atoms. The Kier molecular flexibility index (Phi) is 7.10. The van der Waals surface area contributed by atoms with E-state index < -0.39 is 10.0 Å². The SMILES string of the molecule is COCCN(C(C)COC)S(=O)(=O)Cc1ccccc1N. The van der Waals surface area contributed by atoms with E-state index in [1.54, 1.807) is 38.5 Å². The van der Waals surface area contributed by atoms with Crippen molar-refractivity contribution in [3.63, 3.8) is 0 Å². The number of benzene rings is 1. The van der Waals surface area contributed by atoms with Crippen LogP contribution in [0, 0.1) is 0 Å². The fraction of sp³-hybridized carbons (Fsp3) is 0.571. The van der Waals surface area contributed by atoms with Crippen LogP contribution in [0.1, 0.15) is 12.5 Å². The van der Waals surface area contributed by atoms with Gasteiger partial charge >= 0.3 is 0 Å². The molecule has 1 aromatic rings. The molecule has 1 atom stereocenters. The molecule has 6 nitrogen and oxygen atoms in total. The van der Waals surface area contributed by atoms with Crippen LogP contribution in [0.15, 0.2) is 24.3 Å². The van der Waals surface area contributed by atoms with Gasteiger partial charge in [-0.3, -0.25) is 0 Å². The summed E-state index contributed by atoms with van der Waals surface area (Å²) >= 11 is 0. The van der Waals surface area contributed by atoms with Crippen molar-refractivity contribution in [1.82, 2.24) is 4.31 Å². The minimum Gasteiger partial charge on any atom is -0.398 e. The van der Waals surface area contributed by atoms with E-state index in [1.165, 1.54) is 4.31 Å². The Hall–Kier alpha value is -1.15. The number of ether oxygens (including phenoxy) is 2. The molecule has 0 spiro atoms. The van der Waals surface area contributed by atoms with Gasteiger partial charge in [0.25, 0.3) is 0 Å². The van der Waals surface area contributed by atoms with Gasteiger partial charge in [0.2, 0.25) is 10.0 Å². The Labute approximate surface area is 126 Å². The van der Waals surface area contributed by atoms with E-state index in [4.69, 9.17) is 15.2 Å². The summed E-state index contributed by atoms with van der Waals surface area (Å²) in [7, 11) is -0.407. The molecule has 1 rings (SSSR count). The first-order chi connectivity index (χ1) is 9.92. The molecule has 0 fully saturated rings. The fourth-order valence-corrected chi connectivity index (χ4v) is 3.87. The Morgan fingerprint density at radius 2 is 1.90 bits per heavy atom. The third-order valence-corrected chi connectivity index (χ3v) is 5.10. The van der Waals surface area contributed by atoms with Gasteiger partial charge in [-0.1, -0.05) is 18.2 Å². The number of hydrogen-bond acceptors (Lipinski definition) is 5. The fourth-order valence-electron chi connectivity index (χ4n) is 2.08. The number of nitrogens with two attached hydrogens (primary N) is 1. The molecule has 0 heterocycles. The molecule has 0 amide bonds. The van der Waals surface area contributed by atoms with Crippen LogP contribution in [-0.4, -0.2) is 52.7 Å². The highest BCUT2D eigenvalue weighted by Gasteiger charge is 2.27. The van der Waals surface area contributed by atoms with Crippen LogP contribution >= 0.6 is 0 Å². The minimum atomic E-state index is -3.50. The summed E-state index contributed by atoms with van der Waals surface area (Å²) in [6.45, 7) is 2.76. The largest absolute Gasteiger partial charge is 0.398 e. The number of rotatable bonds is 9. The highest BCUT2D eigenvalue weighted by Crippen LogP contribution is 2.18. The molecule has 1 unspecified atom stereocenters. The maximum atomic E-state index is 12.6. The molecule has 0 bridgehead atoms. The number of para-hydroxylation sites is 1. The van der Waals surface area contributed by atoms with Gasteiger partial charge in [0.05, 0.1) is 19.0 Å². The van der Waals surface area contributed by atoms with Gasteiger partial charge in [-0.2, -0.15) is 4.31 Å². The smallest absolute Gasteiger partial charge is 0.218 e. The number of nitrogens with zero attached hydrogens (tertiary/aromatic N) is 1. The average Bonchev–Trinajstić information content (AvgIpc) is 2.41. The molecule has 0 radical (unpaired) electrons. The maximum absolute atomic E-state index is 12.6. The summed E-state index contributed by atoms with van der Waals surface area (Å²) in [5.74, 6) is -0.128. The summed E-state index contributed by atoms with van der Waals surface area (Å²) < 4.78 is 36.7. The van der Waals surface area contributed by atoms with Crippen molar-refractivity contribution in [1.29, 1.82) is 0 Å². The monoisotopic (exact) mass is 316 g/mol. The first kappa shape index (κ1) is 17.9. The van der Waals surface area contributed by atoms with Gasteiger partial charge in [-0.05, 0) is 18.6 Å². The van der Waals surface area contributed by atoms with Crippen LogP contribution in [0.5, 0.6) is 0 Å². The highest BCUT2D eigenvalue weighted by atomic mass is 32.2. The third kappa shape index (κ3) is 5.28. The van der Waals surface area contributed by atoms with Crippen molar-refractivity contribution < 1.29 is 17.9 Å². The van der Waals surface area contributed by atoms with E-state index in [0.29, 0.717) is 24.5 Å². The summed E-state index contributed by atoms with van der Waals surface area (Å²) in [6, 6.07) is 6.71. The van der Waals surface area contributed by atoms with Gasteiger partial charge in [-0.15, -0.1) is 0 Å². The van der Waals surface area contributed by atoms with Crippen LogP contribution in [0.3, 0.4) is 0 Å². The Morgan fingerprint density at radius 3 is 2.48 bits per heavy atom. The van der Waals surface area contributed by atoms with E-state index in [2.05, 4.69) is 0 Å². The summed E-state index contributed by atoms with van der Waals surface area (Å²) in [6.07, 6.45) is 0. The second-order valence-electron chi connectivity index (χ2n) is 4.86. The zero-order chi connectivity index (χ0) is 15.9. The lowest BCUT2D eigenvalue weighted by atomic mass is 10.2. The van der Waals surface area contributed by atoms with Crippen molar-refractivity contribution in [3.8, 4) is 0 Å². The molecule has 0 saturated heterocycles. The van der Waals surface area contributed by atoms with E-state index in [9.17, 15) is 8.42 Å².